The van der Waals surface area contributed by atoms with E-state index in [2.05, 4.69) is 10.3 Å². The Bertz CT molecular complexity index is 642. The number of aromatic carboxylic acids is 1. The van der Waals surface area contributed by atoms with Crippen LogP contribution in [0.15, 0.2) is 29.8 Å². The summed E-state index contributed by atoms with van der Waals surface area (Å²) >= 11 is 1.29. The van der Waals surface area contributed by atoms with Crippen molar-refractivity contribution in [3.8, 4) is 11.5 Å². The van der Waals surface area contributed by atoms with Gasteiger partial charge >= 0.3 is 5.97 Å². The van der Waals surface area contributed by atoms with Crippen LogP contribution in [-0.2, 0) is 4.79 Å². The second-order valence-electron chi connectivity index (χ2n) is 3.84. The van der Waals surface area contributed by atoms with Crippen molar-refractivity contribution in [3.63, 3.8) is 0 Å². The van der Waals surface area contributed by atoms with Crippen LogP contribution in [0, 0.1) is 0 Å². The molecule has 0 unspecified atom stereocenters. The van der Waals surface area contributed by atoms with Crippen LogP contribution < -0.4 is 14.8 Å². The third-order valence-electron chi connectivity index (χ3n) is 2.45. The molecule has 2 aromatic rings. The molecule has 0 bridgehead atoms. The van der Waals surface area contributed by atoms with E-state index in [-0.39, 0.29) is 17.9 Å². The molecular formula is C13H12N2O5S. The average Bonchev–Trinajstić information content (AvgIpc) is 2.97. The van der Waals surface area contributed by atoms with Crippen LogP contribution in [0.3, 0.4) is 0 Å². The average molecular weight is 308 g/mol. The molecule has 0 fully saturated rings. The van der Waals surface area contributed by atoms with Gasteiger partial charge in [-0.25, -0.2) is 9.78 Å². The molecule has 0 saturated carbocycles. The lowest BCUT2D eigenvalue weighted by Gasteiger charge is -2.10. The normalized spacial score (nSPS) is 9.95. The zero-order valence-corrected chi connectivity index (χ0v) is 11.8. The molecule has 0 saturated heterocycles. The number of carbonyl (C=O) groups is 2. The van der Waals surface area contributed by atoms with Crippen molar-refractivity contribution in [2.75, 3.05) is 19.0 Å². The Hall–Kier alpha value is -2.61. The van der Waals surface area contributed by atoms with Crippen molar-refractivity contribution < 1.29 is 24.2 Å². The van der Waals surface area contributed by atoms with E-state index in [4.69, 9.17) is 14.6 Å². The Morgan fingerprint density at radius 1 is 1.38 bits per heavy atom. The molecule has 0 aliphatic carbocycles. The maximum atomic E-state index is 11.7. The van der Waals surface area contributed by atoms with E-state index in [1.807, 2.05) is 0 Å². The van der Waals surface area contributed by atoms with Crippen molar-refractivity contribution in [3.05, 3.63) is 35.3 Å². The third kappa shape index (κ3) is 3.93. The summed E-state index contributed by atoms with van der Waals surface area (Å²) in [5, 5.41) is 13.7. The number of carboxylic acids is 1. The van der Waals surface area contributed by atoms with E-state index in [1.165, 1.54) is 36.6 Å². The molecule has 2 N–H and O–H groups in total. The van der Waals surface area contributed by atoms with Gasteiger partial charge in [-0.1, -0.05) is 0 Å². The van der Waals surface area contributed by atoms with Crippen LogP contribution in [0.25, 0.3) is 0 Å². The zero-order valence-electron chi connectivity index (χ0n) is 11.0. The Morgan fingerprint density at radius 3 is 2.81 bits per heavy atom. The first-order chi connectivity index (χ1) is 10.1. The molecule has 0 spiro atoms. The summed E-state index contributed by atoms with van der Waals surface area (Å²) in [4.78, 5) is 26.5. The van der Waals surface area contributed by atoms with Crippen LogP contribution in [-0.4, -0.2) is 35.7 Å². The van der Waals surface area contributed by atoms with E-state index in [9.17, 15) is 9.59 Å². The highest BCUT2D eigenvalue weighted by Crippen LogP contribution is 2.28. The van der Waals surface area contributed by atoms with Gasteiger partial charge in [0.05, 0.1) is 12.7 Å². The summed E-state index contributed by atoms with van der Waals surface area (Å²) in [6.07, 6.45) is 1.57. The van der Waals surface area contributed by atoms with Gasteiger partial charge in [-0.2, -0.15) is 0 Å². The van der Waals surface area contributed by atoms with Crippen LogP contribution in [0.1, 0.15) is 10.4 Å². The van der Waals surface area contributed by atoms with E-state index >= 15 is 0 Å². The number of aromatic nitrogens is 1. The van der Waals surface area contributed by atoms with Gasteiger partial charge in [-0.3, -0.25) is 10.1 Å². The summed E-state index contributed by atoms with van der Waals surface area (Å²) in [6.45, 7) is -0.279. The number of rotatable bonds is 6. The fourth-order valence-corrected chi connectivity index (χ4v) is 2.05. The molecule has 110 valence electrons. The lowest BCUT2D eigenvalue weighted by atomic mass is 10.2. The van der Waals surface area contributed by atoms with Crippen molar-refractivity contribution in [1.29, 1.82) is 0 Å². The van der Waals surface area contributed by atoms with Crippen molar-refractivity contribution >= 4 is 28.3 Å². The Labute approximate surface area is 124 Å². The number of anilines is 1. The first-order valence-corrected chi connectivity index (χ1v) is 6.71. The highest BCUT2D eigenvalue weighted by Gasteiger charge is 2.12. The van der Waals surface area contributed by atoms with E-state index in [1.54, 1.807) is 11.6 Å². The topological polar surface area (TPSA) is 97.8 Å². The van der Waals surface area contributed by atoms with Gasteiger partial charge in [0.25, 0.3) is 5.91 Å². The molecule has 0 radical (unpaired) electrons. The number of amides is 1. The Balaban J connectivity index is 2.02. The standard InChI is InChI=1S/C13H12N2O5S/c1-19-9-3-2-8(12(17)18)6-10(9)20-7-11(16)15-13-14-4-5-21-13/h2-6H,7H2,1H3,(H,17,18)(H,14,15,16). The van der Waals surface area contributed by atoms with Gasteiger partial charge < -0.3 is 14.6 Å². The minimum absolute atomic E-state index is 0.0473. The van der Waals surface area contributed by atoms with Crippen LogP contribution in [0.5, 0.6) is 11.5 Å². The molecule has 1 amide bonds. The number of hydrogen-bond acceptors (Lipinski definition) is 6. The van der Waals surface area contributed by atoms with Crippen molar-refractivity contribution in [2.24, 2.45) is 0 Å². The lowest BCUT2D eigenvalue weighted by molar-refractivity contribution is -0.118. The number of hydrogen-bond donors (Lipinski definition) is 2. The summed E-state index contributed by atoms with van der Waals surface area (Å²) < 4.78 is 10.4. The number of carboxylic acid groups (broad SMARTS) is 1. The Kier molecular flexibility index (Phi) is 4.72. The number of ether oxygens (including phenoxy) is 2. The van der Waals surface area contributed by atoms with Gasteiger partial charge in [0.1, 0.15) is 0 Å². The van der Waals surface area contributed by atoms with Gasteiger partial charge in [0.15, 0.2) is 23.2 Å². The van der Waals surface area contributed by atoms with Gasteiger partial charge in [-0.15, -0.1) is 11.3 Å². The number of nitrogens with one attached hydrogen (secondary N) is 1. The van der Waals surface area contributed by atoms with E-state index < -0.39 is 11.9 Å². The summed E-state index contributed by atoms with van der Waals surface area (Å²) in [5.41, 5.74) is 0.0473. The first kappa shape index (κ1) is 14.8. The monoisotopic (exact) mass is 308 g/mol. The maximum absolute atomic E-state index is 11.7. The fraction of sp³-hybridized carbons (Fsp3) is 0.154. The van der Waals surface area contributed by atoms with Gasteiger partial charge in [0.2, 0.25) is 0 Å². The minimum atomic E-state index is -1.09. The summed E-state index contributed by atoms with van der Waals surface area (Å²) in [5.74, 6) is -0.948. The first-order valence-electron chi connectivity index (χ1n) is 5.83. The largest absolute Gasteiger partial charge is 0.493 e. The fourth-order valence-electron chi connectivity index (χ4n) is 1.51. The maximum Gasteiger partial charge on any atom is 0.335 e. The lowest BCUT2D eigenvalue weighted by Crippen LogP contribution is -2.20. The van der Waals surface area contributed by atoms with Gasteiger partial charge in [-0.05, 0) is 18.2 Å². The van der Waals surface area contributed by atoms with E-state index in [0.29, 0.717) is 10.9 Å². The molecule has 0 aliphatic heterocycles. The molecular weight excluding hydrogens is 296 g/mol. The summed E-state index contributed by atoms with van der Waals surface area (Å²) in [6, 6.07) is 4.17. The van der Waals surface area contributed by atoms with Crippen LogP contribution in [0.4, 0.5) is 5.13 Å². The Morgan fingerprint density at radius 2 is 2.19 bits per heavy atom. The molecule has 0 atom stereocenters. The second kappa shape index (κ2) is 6.71. The highest BCUT2D eigenvalue weighted by atomic mass is 32.1. The number of carbonyl (C=O) groups excluding carboxylic acids is 1. The number of benzene rings is 1. The number of thiazole rings is 1. The zero-order chi connectivity index (χ0) is 15.2. The molecule has 21 heavy (non-hydrogen) atoms. The smallest absolute Gasteiger partial charge is 0.335 e. The minimum Gasteiger partial charge on any atom is -0.493 e. The quantitative estimate of drug-likeness (QED) is 0.845. The van der Waals surface area contributed by atoms with Crippen LogP contribution in [0.2, 0.25) is 0 Å². The molecule has 1 heterocycles. The summed E-state index contributed by atoms with van der Waals surface area (Å²) in [7, 11) is 1.43. The number of methoxy groups -OCH3 is 1. The highest BCUT2D eigenvalue weighted by molar-refractivity contribution is 7.13. The molecule has 8 heteroatoms. The third-order valence-corrected chi connectivity index (χ3v) is 3.14. The molecule has 2 rings (SSSR count). The number of nitrogens with zero attached hydrogens (tertiary/aromatic N) is 1. The molecule has 7 nitrogen and oxygen atoms in total. The van der Waals surface area contributed by atoms with Crippen molar-refractivity contribution in [1.82, 2.24) is 4.98 Å². The van der Waals surface area contributed by atoms with E-state index in [0.717, 1.165) is 0 Å². The van der Waals surface area contributed by atoms with Gasteiger partial charge in [0, 0.05) is 11.6 Å². The SMILES string of the molecule is COc1ccc(C(=O)O)cc1OCC(=O)Nc1nccs1. The predicted octanol–water partition coefficient (Wildman–Crippen LogP) is 1.87. The molecule has 1 aromatic heterocycles. The second-order valence-corrected chi connectivity index (χ2v) is 4.74. The molecule has 0 aliphatic rings. The predicted molar refractivity (Wildman–Crippen MR) is 76.2 cm³/mol. The van der Waals surface area contributed by atoms with Crippen LogP contribution >= 0.6 is 11.3 Å². The molecule has 1 aromatic carbocycles. The van der Waals surface area contributed by atoms with Crippen molar-refractivity contribution in [2.45, 2.75) is 0 Å².